The normalized spacial score (nSPS) is 22.4. The SMILES string of the molecule is Cc1c(C)c2c(c(C)c1O)CC(C)(C#N)O2. The summed E-state index contributed by atoms with van der Waals surface area (Å²) in [6.07, 6.45) is 0.541. The van der Waals surface area contributed by atoms with Crippen LogP contribution in [0.15, 0.2) is 0 Å². The Bertz CT molecular complexity index is 475. The third-order valence-corrected chi connectivity index (χ3v) is 3.42. The van der Waals surface area contributed by atoms with E-state index in [4.69, 9.17) is 10.00 Å². The van der Waals surface area contributed by atoms with Gasteiger partial charge in [-0.25, -0.2) is 0 Å². The van der Waals surface area contributed by atoms with Crippen LogP contribution in [-0.4, -0.2) is 10.7 Å². The van der Waals surface area contributed by atoms with Crippen LogP contribution in [-0.2, 0) is 6.42 Å². The molecule has 2 rings (SSSR count). The molecule has 1 aliphatic rings. The van der Waals surface area contributed by atoms with Crippen LogP contribution in [0.3, 0.4) is 0 Å². The van der Waals surface area contributed by atoms with Crippen LogP contribution in [0.25, 0.3) is 0 Å². The third kappa shape index (κ3) is 1.26. The first kappa shape index (κ1) is 10.8. The van der Waals surface area contributed by atoms with Gasteiger partial charge in [0, 0.05) is 12.0 Å². The first-order chi connectivity index (χ1) is 7.39. The molecule has 0 aliphatic carbocycles. The predicted molar refractivity (Wildman–Crippen MR) is 60.7 cm³/mol. The molecule has 0 radical (unpaired) electrons. The minimum Gasteiger partial charge on any atom is -0.507 e. The molecule has 1 aliphatic heterocycles. The van der Waals surface area contributed by atoms with Crippen molar-refractivity contribution in [1.29, 1.82) is 5.26 Å². The molecule has 0 spiro atoms. The Balaban J connectivity index is 2.68. The third-order valence-electron chi connectivity index (χ3n) is 3.42. The fourth-order valence-corrected chi connectivity index (χ4v) is 2.18. The van der Waals surface area contributed by atoms with E-state index in [1.807, 2.05) is 20.8 Å². The molecule has 1 heterocycles. The molecule has 1 N–H and O–H groups in total. The number of aromatic hydroxyl groups is 1. The highest BCUT2D eigenvalue weighted by Crippen LogP contribution is 2.44. The quantitative estimate of drug-likeness (QED) is 0.726. The highest BCUT2D eigenvalue weighted by atomic mass is 16.5. The average molecular weight is 217 g/mol. The van der Waals surface area contributed by atoms with Crippen molar-refractivity contribution in [2.75, 3.05) is 0 Å². The lowest BCUT2D eigenvalue weighted by molar-refractivity contribution is 0.178. The summed E-state index contributed by atoms with van der Waals surface area (Å²) in [7, 11) is 0. The van der Waals surface area contributed by atoms with Crippen LogP contribution < -0.4 is 4.74 Å². The van der Waals surface area contributed by atoms with E-state index in [1.165, 1.54) is 0 Å². The topological polar surface area (TPSA) is 53.2 Å². The van der Waals surface area contributed by atoms with Gasteiger partial charge in [0.05, 0.1) is 0 Å². The van der Waals surface area contributed by atoms with Crippen LogP contribution >= 0.6 is 0 Å². The van der Waals surface area contributed by atoms with Gasteiger partial charge in [0.25, 0.3) is 0 Å². The summed E-state index contributed by atoms with van der Waals surface area (Å²) in [5, 5.41) is 19.0. The Kier molecular flexibility index (Phi) is 2.13. The fraction of sp³-hybridized carbons (Fsp3) is 0.462. The number of phenols is 1. The molecule has 0 aromatic heterocycles. The molecular weight excluding hydrogens is 202 g/mol. The molecule has 0 saturated heterocycles. The Morgan fingerprint density at radius 3 is 2.44 bits per heavy atom. The van der Waals surface area contributed by atoms with Crippen LogP contribution in [0, 0.1) is 32.1 Å². The van der Waals surface area contributed by atoms with Gasteiger partial charge in [-0.2, -0.15) is 5.26 Å². The zero-order valence-electron chi connectivity index (χ0n) is 10.0. The van der Waals surface area contributed by atoms with E-state index in [-0.39, 0.29) is 0 Å². The first-order valence-electron chi connectivity index (χ1n) is 5.31. The molecule has 16 heavy (non-hydrogen) atoms. The van der Waals surface area contributed by atoms with E-state index >= 15 is 0 Å². The number of rotatable bonds is 0. The molecule has 0 saturated carbocycles. The predicted octanol–water partition coefficient (Wildman–Crippen LogP) is 2.53. The number of nitriles is 1. The zero-order valence-corrected chi connectivity index (χ0v) is 10.0. The maximum atomic E-state index is 9.96. The molecule has 1 unspecified atom stereocenters. The molecule has 3 heteroatoms. The number of hydrogen-bond donors (Lipinski definition) is 1. The van der Waals surface area contributed by atoms with Crippen molar-refractivity contribution in [3.63, 3.8) is 0 Å². The summed E-state index contributed by atoms with van der Waals surface area (Å²) >= 11 is 0. The Hall–Kier alpha value is -1.69. The lowest BCUT2D eigenvalue weighted by Crippen LogP contribution is -2.27. The van der Waals surface area contributed by atoms with Crippen LogP contribution in [0.5, 0.6) is 11.5 Å². The summed E-state index contributed by atoms with van der Waals surface area (Å²) in [6.45, 7) is 7.42. The maximum absolute atomic E-state index is 9.96. The van der Waals surface area contributed by atoms with Gasteiger partial charge in [-0.3, -0.25) is 0 Å². The van der Waals surface area contributed by atoms with Crippen LogP contribution in [0.2, 0.25) is 0 Å². The summed E-state index contributed by atoms with van der Waals surface area (Å²) in [6, 6.07) is 2.18. The Morgan fingerprint density at radius 2 is 1.88 bits per heavy atom. The number of phenolic OH excluding ortho intramolecular Hbond substituents is 1. The van der Waals surface area contributed by atoms with E-state index in [2.05, 4.69) is 6.07 Å². The van der Waals surface area contributed by atoms with Gasteiger partial charge < -0.3 is 9.84 Å². The van der Waals surface area contributed by atoms with Gasteiger partial charge in [0.15, 0.2) is 5.60 Å². The summed E-state index contributed by atoms with van der Waals surface area (Å²) < 4.78 is 5.72. The molecule has 0 bridgehead atoms. The summed E-state index contributed by atoms with van der Waals surface area (Å²) in [4.78, 5) is 0. The Morgan fingerprint density at radius 1 is 1.25 bits per heavy atom. The number of hydrogen-bond acceptors (Lipinski definition) is 3. The van der Waals surface area contributed by atoms with Gasteiger partial charge in [0.2, 0.25) is 0 Å². The van der Waals surface area contributed by atoms with Crippen molar-refractivity contribution in [3.8, 4) is 17.6 Å². The molecule has 1 atom stereocenters. The standard InChI is InChI=1S/C13H15NO2/c1-7-8(2)12-10(9(3)11(7)15)5-13(4,6-14)16-12/h15H,5H2,1-4H3. The van der Waals surface area contributed by atoms with Crippen molar-refractivity contribution in [2.24, 2.45) is 0 Å². The number of benzene rings is 1. The minimum absolute atomic E-state index is 0.321. The largest absolute Gasteiger partial charge is 0.507 e. The minimum atomic E-state index is -0.794. The molecule has 1 aromatic rings. The van der Waals surface area contributed by atoms with Crippen molar-refractivity contribution < 1.29 is 9.84 Å². The number of fused-ring (bicyclic) bond motifs is 1. The summed E-state index contributed by atoms with van der Waals surface area (Å²) in [5.41, 5.74) is 2.76. The fourth-order valence-electron chi connectivity index (χ4n) is 2.18. The van der Waals surface area contributed by atoms with E-state index in [1.54, 1.807) is 6.92 Å². The van der Waals surface area contributed by atoms with Crippen molar-refractivity contribution in [1.82, 2.24) is 0 Å². The maximum Gasteiger partial charge on any atom is 0.195 e. The molecular formula is C13H15NO2. The first-order valence-corrected chi connectivity index (χ1v) is 5.31. The summed E-state index contributed by atoms with van der Waals surface area (Å²) in [5.74, 6) is 1.10. The Labute approximate surface area is 95.3 Å². The molecule has 1 aromatic carbocycles. The van der Waals surface area contributed by atoms with E-state index in [0.717, 1.165) is 28.0 Å². The smallest absolute Gasteiger partial charge is 0.195 e. The van der Waals surface area contributed by atoms with E-state index in [0.29, 0.717) is 12.2 Å². The van der Waals surface area contributed by atoms with Gasteiger partial charge >= 0.3 is 0 Å². The van der Waals surface area contributed by atoms with E-state index < -0.39 is 5.60 Å². The van der Waals surface area contributed by atoms with Crippen LogP contribution in [0.4, 0.5) is 0 Å². The second-order valence-corrected chi connectivity index (χ2v) is 4.65. The lowest BCUT2D eigenvalue weighted by Gasteiger charge is -2.15. The number of nitrogens with zero attached hydrogens (tertiary/aromatic N) is 1. The molecule has 84 valence electrons. The van der Waals surface area contributed by atoms with Crippen molar-refractivity contribution in [3.05, 3.63) is 22.3 Å². The zero-order chi connectivity index (χ0) is 12.1. The van der Waals surface area contributed by atoms with Gasteiger partial charge in [0.1, 0.15) is 17.6 Å². The average Bonchev–Trinajstić information content (AvgIpc) is 2.63. The molecule has 3 nitrogen and oxygen atoms in total. The second kappa shape index (κ2) is 3.15. The van der Waals surface area contributed by atoms with Crippen molar-refractivity contribution >= 4 is 0 Å². The highest BCUT2D eigenvalue weighted by Gasteiger charge is 2.38. The van der Waals surface area contributed by atoms with Gasteiger partial charge in [-0.15, -0.1) is 0 Å². The van der Waals surface area contributed by atoms with Gasteiger partial charge in [-0.05, 0) is 44.4 Å². The monoisotopic (exact) mass is 217 g/mol. The van der Waals surface area contributed by atoms with Crippen molar-refractivity contribution in [2.45, 2.75) is 39.7 Å². The van der Waals surface area contributed by atoms with Crippen LogP contribution in [0.1, 0.15) is 29.2 Å². The lowest BCUT2D eigenvalue weighted by atomic mass is 9.93. The highest BCUT2D eigenvalue weighted by molar-refractivity contribution is 5.60. The van der Waals surface area contributed by atoms with Gasteiger partial charge in [-0.1, -0.05) is 0 Å². The second-order valence-electron chi connectivity index (χ2n) is 4.65. The molecule has 0 amide bonds. The number of ether oxygens (including phenoxy) is 1. The van der Waals surface area contributed by atoms with E-state index in [9.17, 15) is 5.11 Å². The molecule has 0 fully saturated rings.